The Morgan fingerprint density at radius 3 is 2.73 bits per heavy atom. The van der Waals surface area contributed by atoms with Gasteiger partial charge in [-0.05, 0) is 34.5 Å². The van der Waals surface area contributed by atoms with Crippen LogP contribution in [-0.4, -0.2) is 5.11 Å². The van der Waals surface area contributed by atoms with Gasteiger partial charge in [0.1, 0.15) is 5.75 Å². The van der Waals surface area contributed by atoms with Crippen LogP contribution in [-0.2, 0) is 6.54 Å². The number of hydrogen-bond acceptors (Lipinski definition) is 2. The maximum absolute atomic E-state index is 9.40. The van der Waals surface area contributed by atoms with Crippen molar-refractivity contribution in [2.45, 2.75) is 13.5 Å². The van der Waals surface area contributed by atoms with Crippen molar-refractivity contribution in [1.82, 2.24) is 0 Å². The van der Waals surface area contributed by atoms with Gasteiger partial charge in [0.05, 0.1) is 4.47 Å². The number of phenolic OH excluding ortho intramolecular Hbond substituents is 1. The molecule has 0 heterocycles. The average molecular weight is 216 g/mol. The standard InChI is InChI=1S/C8H10BrNO/c1-5-2-6(4-10)8(11)7(9)3-5/h2-3,11H,4,10H2,1H3. The van der Waals surface area contributed by atoms with Gasteiger partial charge in [-0.25, -0.2) is 0 Å². The second-order valence-electron chi connectivity index (χ2n) is 2.46. The predicted octanol–water partition coefficient (Wildman–Crippen LogP) is 1.92. The van der Waals surface area contributed by atoms with E-state index in [0.29, 0.717) is 11.0 Å². The highest BCUT2D eigenvalue weighted by molar-refractivity contribution is 9.10. The fraction of sp³-hybridized carbons (Fsp3) is 0.250. The van der Waals surface area contributed by atoms with Crippen LogP contribution in [0.3, 0.4) is 0 Å². The first-order chi connectivity index (χ1) is 5.15. The van der Waals surface area contributed by atoms with Crippen LogP contribution in [0.4, 0.5) is 0 Å². The van der Waals surface area contributed by atoms with Crippen molar-refractivity contribution < 1.29 is 5.11 Å². The molecular weight excluding hydrogens is 206 g/mol. The Kier molecular flexibility index (Phi) is 2.52. The minimum atomic E-state index is 0.248. The van der Waals surface area contributed by atoms with Gasteiger partial charge < -0.3 is 10.8 Å². The molecule has 2 nitrogen and oxygen atoms in total. The number of rotatable bonds is 1. The van der Waals surface area contributed by atoms with Crippen LogP contribution in [0.5, 0.6) is 5.75 Å². The highest BCUT2D eigenvalue weighted by Gasteiger charge is 2.03. The van der Waals surface area contributed by atoms with E-state index < -0.39 is 0 Å². The van der Waals surface area contributed by atoms with Crippen molar-refractivity contribution >= 4 is 15.9 Å². The normalized spacial score (nSPS) is 10.1. The fourth-order valence-electron chi connectivity index (χ4n) is 0.962. The zero-order valence-electron chi connectivity index (χ0n) is 6.26. The summed E-state index contributed by atoms with van der Waals surface area (Å²) in [6.45, 7) is 2.33. The summed E-state index contributed by atoms with van der Waals surface area (Å²) in [7, 11) is 0. The van der Waals surface area contributed by atoms with Crippen LogP contribution in [0.1, 0.15) is 11.1 Å². The molecule has 0 atom stereocenters. The zero-order chi connectivity index (χ0) is 8.43. The number of hydrogen-bond donors (Lipinski definition) is 2. The smallest absolute Gasteiger partial charge is 0.134 e. The van der Waals surface area contributed by atoms with E-state index in [-0.39, 0.29) is 5.75 Å². The largest absolute Gasteiger partial charge is 0.506 e. The molecule has 0 saturated heterocycles. The first kappa shape index (κ1) is 8.56. The summed E-state index contributed by atoms with van der Waals surface area (Å²) in [5.74, 6) is 0.248. The first-order valence-electron chi connectivity index (χ1n) is 3.33. The quantitative estimate of drug-likeness (QED) is 0.753. The molecule has 11 heavy (non-hydrogen) atoms. The van der Waals surface area contributed by atoms with Gasteiger partial charge in [0.15, 0.2) is 0 Å². The van der Waals surface area contributed by atoms with Crippen LogP contribution in [0.15, 0.2) is 16.6 Å². The average Bonchev–Trinajstić information content (AvgIpc) is 1.96. The minimum absolute atomic E-state index is 0.248. The van der Waals surface area contributed by atoms with Crippen molar-refractivity contribution in [2.75, 3.05) is 0 Å². The van der Waals surface area contributed by atoms with E-state index >= 15 is 0 Å². The van der Waals surface area contributed by atoms with Crippen LogP contribution in [0, 0.1) is 6.92 Å². The van der Waals surface area contributed by atoms with Gasteiger partial charge >= 0.3 is 0 Å². The molecule has 0 bridgehead atoms. The van der Waals surface area contributed by atoms with Crippen molar-refractivity contribution in [1.29, 1.82) is 0 Å². The Morgan fingerprint density at radius 2 is 2.18 bits per heavy atom. The zero-order valence-corrected chi connectivity index (χ0v) is 7.85. The molecule has 0 aromatic heterocycles. The van der Waals surface area contributed by atoms with Crippen LogP contribution >= 0.6 is 15.9 Å². The Hall–Kier alpha value is -0.540. The van der Waals surface area contributed by atoms with Gasteiger partial charge in [-0.15, -0.1) is 0 Å². The summed E-state index contributed by atoms with van der Waals surface area (Å²) in [5, 5.41) is 9.40. The molecule has 0 aliphatic heterocycles. The Bertz CT molecular complexity index is 273. The van der Waals surface area contributed by atoms with Crippen molar-refractivity contribution in [3.63, 3.8) is 0 Å². The third kappa shape index (κ3) is 1.73. The monoisotopic (exact) mass is 215 g/mol. The molecule has 1 aromatic rings. The number of phenols is 1. The van der Waals surface area contributed by atoms with Crippen LogP contribution < -0.4 is 5.73 Å². The second kappa shape index (κ2) is 3.24. The van der Waals surface area contributed by atoms with E-state index in [2.05, 4.69) is 15.9 Å². The third-order valence-corrected chi connectivity index (χ3v) is 2.11. The van der Waals surface area contributed by atoms with Crippen molar-refractivity contribution in [3.05, 3.63) is 27.7 Å². The lowest BCUT2D eigenvalue weighted by Crippen LogP contribution is -1.97. The molecular formula is C8H10BrNO. The summed E-state index contributed by atoms with van der Waals surface area (Å²) >= 11 is 3.23. The molecule has 0 unspecified atom stereocenters. The molecule has 3 heteroatoms. The Morgan fingerprint density at radius 1 is 1.55 bits per heavy atom. The maximum atomic E-state index is 9.40. The number of aryl methyl sites for hydroxylation is 1. The molecule has 0 saturated carbocycles. The molecule has 0 fully saturated rings. The number of benzene rings is 1. The second-order valence-corrected chi connectivity index (χ2v) is 3.31. The van der Waals surface area contributed by atoms with Gasteiger partial charge in [-0.2, -0.15) is 0 Å². The summed E-state index contributed by atoms with van der Waals surface area (Å²) < 4.78 is 0.706. The van der Waals surface area contributed by atoms with Gasteiger partial charge in [-0.3, -0.25) is 0 Å². The number of aromatic hydroxyl groups is 1. The van der Waals surface area contributed by atoms with E-state index in [0.717, 1.165) is 11.1 Å². The summed E-state index contributed by atoms with van der Waals surface area (Å²) in [6.07, 6.45) is 0. The lowest BCUT2D eigenvalue weighted by molar-refractivity contribution is 0.465. The number of halogens is 1. The highest BCUT2D eigenvalue weighted by atomic mass is 79.9. The molecule has 0 spiro atoms. The van der Waals surface area contributed by atoms with E-state index in [4.69, 9.17) is 5.73 Å². The number of nitrogens with two attached hydrogens (primary N) is 1. The molecule has 0 amide bonds. The molecule has 0 radical (unpaired) electrons. The molecule has 1 aromatic carbocycles. The Labute approximate surface area is 74.2 Å². The van der Waals surface area contributed by atoms with E-state index in [1.165, 1.54) is 0 Å². The highest BCUT2D eigenvalue weighted by Crippen LogP contribution is 2.28. The Balaban J connectivity index is 3.24. The van der Waals surface area contributed by atoms with Crippen LogP contribution in [0.25, 0.3) is 0 Å². The van der Waals surface area contributed by atoms with Gasteiger partial charge in [0.25, 0.3) is 0 Å². The fourth-order valence-corrected chi connectivity index (χ4v) is 1.58. The predicted molar refractivity (Wildman–Crippen MR) is 48.4 cm³/mol. The van der Waals surface area contributed by atoms with Crippen molar-refractivity contribution in [3.8, 4) is 5.75 Å². The SMILES string of the molecule is Cc1cc(Br)c(O)c(CN)c1. The van der Waals surface area contributed by atoms with Gasteiger partial charge in [0.2, 0.25) is 0 Å². The van der Waals surface area contributed by atoms with E-state index in [9.17, 15) is 5.11 Å². The molecule has 60 valence electrons. The van der Waals surface area contributed by atoms with Crippen molar-refractivity contribution in [2.24, 2.45) is 5.73 Å². The molecule has 3 N–H and O–H groups in total. The van der Waals surface area contributed by atoms with E-state index in [1.54, 1.807) is 0 Å². The van der Waals surface area contributed by atoms with Crippen LogP contribution in [0.2, 0.25) is 0 Å². The molecule has 1 rings (SSSR count). The third-order valence-electron chi connectivity index (χ3n) is 1.51. The topological polar surface area (TPSA) is 46.2 Å². The molecule has 0 aliphatic carbocycles. The maximum Gasteiger partial charge on any atom is 0.134 e. The first-order valence-corrected chi connectivity index (χ1v) is 4.12. The lowest BCUT2D eigenvalue weighted by atomic mass is 10.1. The minimum Gasteiger partial charge on any atom is -0.506 e. The van der Waals surface area contributed by atoms with Gasteiger partial charge in [0, 0.05) is 12.1 Å². The molecule has 0 aliphatic rings. The van der Waals surface area contributed by atoms with E-state index in [1.807, 2.05) is 19.1 Å². The summed E-state index contributed by atoms with van der Waals surface area (Å²) in [4.78, 5) is 0. The lowest BCUT2D eigenvalue weighted by Gasteiger charge is -2.04. The summed E-state index contributed by atoms with van der Waals surface area (Å²) in [5.41, 5.74) is 7.28. The summed E-state index contributed by atoms with van der Waals surface area (Å²) in [6, 6.07) is 3.73. The van der Waals surface area contributed by atoms with Gasteiger partial charge in [-0.1, -0.05) is 6.07 Å².